The number of phenolic OH excluding ortho intramolecular Hbond substituents is 1. The number of fused-ring (bicyclic) bond motifs is 2. The molecular formula is C27H31NO2. The predicted molar refractivity (Wildman–Crippen MR) is 117 cm³/mol. The van der Waals surface area contributed by atoms with E-state index in [-0.39, 0.29) is 5.41 Å². The molecule has 4 fully saturated rings. The number of ether oxygens (including phenoxy) is 1. The van der Waals surface area contributed by atoms with Gasteiger partial charge in [-0.1, -0.05) is 49.2 Å². The van der Waals surface area contributed by atoms with Crippen molar-refractivity contribution in [3.8, 4) is 11.5 Å². The number of likely N-dealkylation sites (tertiary alicyclic amines) is 1. The molecule has 30 heavy (non-hydrogen) atoms. The van der Waals surface area contributed by atoms with Crippen molar-refractivity contribution in [3.63, 3.8) is 0 Å². The molecule has 1 saturated heterocycles. The number of phenols is 1. The van der Waals surface area contributed by atoms with Crippen molar-refractivity contribution >= 4 is 0 Å². The molecule has 0 radical (unpaired) electrons. The van der Waals surface area contributed by atoms with Gasteiger partial charge in [-0.15, -0.1) is 0 Å². The molecule has 4 aliphatic carbocycles. The molecule has 5 aliphatic rings. The summed E-state index contributed by atoms with van der Waals surface area (Å²) < 4.78 is 6.13. The molecule has 0 aromatic heterocycles. The minimum Gasteiger partial charge on any atom is -0.504 e. The van der Waals surface area contributed by atoms with Crippen LogP contribution < -0.4 is 4.74 Å². The van der Waals surface area contributed by atoms with Gasteiger partial charge in [0.15, 0.2) is 11.5 Å². The lowest BCUT2D eigenvalue weighted by atomic mass is 9.58. The summed E-state index contributed by atoms with van der Waals surface area (Å²) in [5, 5.41) is 11.5. The molecule has 3 heteroatoms. The van der Waals surface area contributed by atoms with E-state index in [1.807, 2.05) is 24.3 Å². The van der Waals surface area contributed by atoms with Crippen LogP contribution >= 0.6 is 0 Å². The molecule has 3 nitrogen and oxygen atoms in total. The molecule has 2 unspecified atom stereocenters. The number of aromatic hydroxyl groups is 1. The Hall–Kier alpha value is -2.00. The fourth-order valence-electron chi connectivity index (χ4n) is 7.99. The van der Waals surface area contributed by atoms with Gasteiger partial charge in [0.05, 0.1) is 0 Å². The Kier molecular flexibility index (Phi) is 3.55. The van der Waals surface area contributed by atoms with Gasteiger partial charge in [0.2, 0.25) is 0 Å². The Labute approximate surface area is 179 Å². The van der Waals surface area contributed by atoms with E-state index in [1.54, 1.807) is 0 Å². The maximum Gasteiger partial charge on any atom is 0.161 e. The van der Waals surface area contributed by atoms with Crippen LogP contribution in [0.25, 0.3) is 0 Å². The van der Waals surface area contributed by atoms with Crippen molar-refractivity contribution in [2.24, 2.45) is 11.8 Å². The molecule has 4 atom stereocenters. The zero-order valence-corrected chi connectivity index (χ0v) is 17.6. The monoisotopic (exact) mass is 401 g/mol. The lowest BCUT2D eigenvalue weighted by Gasteiger charge is -2.59. The Bertz CT molecular complexity index is 999. The molecule has 2 spiro atoms. The van der Waals surface area contributed by atoms with Crippen LogP contribution in [0.5, 0.6) is 11.5 Å². The van der Waals surface area contributed by atoms with Crippen LogP contribution in [0.3, 0.4) is 0 Å². The Morgan fingerprint density at radius 1 is 1.00 bits per heavy atom. The molecule has 1 heterocycles. The summed E-state index contributed by atoms with van der Waals surface area (Å²) in [6.45, 7) is 3.04. The fourth-order valence-corrected chi connectivity index (χ4v) is 7.99. The van der Waals surface area contributed by atoms with Crippen LogP contribution in [0.1, 0.15) is 61.6 Å². The van der Waals surface area contributed by atoms with E-state index >= 15 is 0 Å². The second-order valence-electron chi connectivity index (χ2n) is 10.8. The second-order valence-corrected chi connectivity index (χ2v) is 10.8. The average Bonchev–Trinajstić information content (AvgIpc) is 3.48. The average molecular weight is 402 g/mol. The molecule has 2 aromatic carbocycles. The molecule has 156 valence electrons. The van der Waals surface area contributed by atoms with Gasteiger partial charge in [-0.25, -0.2) is 0 Å². The van der Waals surface area contributed by atoms with E-state index in [1.165, 1.54) is 69.2 Å². The highest BCUT2D eigenvalue weighted by Gasteiger charge is 2.74. The SMILES string of the molecule is Oc1c(OCc2ccccc2)ccc2c1[C@@]13CCCCC1[C@@H]1N(CC4CC4)CC21C3. The summed E-state index contributed by atoms with van der Waals surface area (Å²) in [5.41, 5.74) is 4.37. The van der Waals surface area contributed by atoms with Gasteiger partial charge in [0.1, 0.15) is 6.61 Å². The Balaban J connectivity index is 1.26. The highest BCUT2D eigenvalue weighted by molar-refractivity contribution is 5.64. The molecule has 1 aliphatic heterocycles. The highest BCUT2D eigenvalue weighted by atomic mass is 16.5. The summed E-state index contributed by atoms with van der Waals surface area (Å²) in [4.78, 5) is 2.83. The van der Waals surface area contributed by atoms with E-state index < -0.39 is 0 Å². The Morgan fingerprint density at radius 3 is 2.70 bits per heavy atom. The van der Waals surface area contributed by atoms with E-state index in [0.29, 0.717) is 23.5 Å². The molecule has 0 amide bonds. The molecular weight excluding hydrogens is 370 g/mol. The van der Waals surface area contributed by atoms with Gasteiger partial charge in [0, 0.05) is 35.5 Å². The summed E-state index contributed by atoms with van der Waals surface area (Å²) in [7, 11) is 0. The number of rotatable bonds is 5. The van der Waals surface area contributed by atoms with E-state index in [4.69, 9.17) is 4.74 Å². The quantitative estimate of drug-likeness (QED) is 0.752. The third-order valence-corrected chi connectivity index (χ3v) is 9.16. The first-order chi connectivity index (χ1) is 14.7. The van der Waals surface area contributed by atoms with Crippen LogP contribution in [0.4, 0.5) is 0 Å². The number of nitrogens with zero attached hydrogens (tertiary/aromatic N) is 1. The van der Waals surface area contributed by atoms with E-state index in [9.17, 15) is 5.11 Å². The van der Waals surface area contributed by atoms with Gasteiger partial charge >= 0.3 is 0 Å². The second kappa shape index (κ2) is 6.03. The van der Waals surface area contributed by atoms with Gasteiger partial charge in [-0.3, -0.25) is 4.90 Å². The maximum absolute atomic E-state index is 11.5. The minimum absolute atomic E-state index is 0.187. The summed E-state index contributed by atoms with van der Waals surface area (Å²) in [6, 6.07) is 15.3. The van der Waals surface area contributed by atoms with E-state index in [0.717, 1.165) is 23.4 Å². The topological polar surface area (TPSA) is 32.7 Å². The van der Waals surface area contributed by atoms with Crippen LogP contribution in [-0.2, 0) is 17.4 Å². The summed E-state index contributed by atoms with van der Waals surface area (Å²) in [5.74, 6) is 2.81. The molecule has 7 rings (SSSR count). The highest BCUT2D eigenvalue weighted by Crippen LogP contribution is 2.74. The number of hydrogen-bond donors (Lipinski definition) is 1. The third kappa shape index (κ3) is 2.20. The van der Waals surface area contributed by atoms with Crippen molar-refractivity contribution in [2.45, 2.75) is 68.4 Å². The zero-order chi connectivity index (χ0) is 19.9. The first-order valence-electron chi connectivity index (χ1n) is 12.0. The van der Waals surface area contributed by atoms with Gasteiger partial charge in [-0.2, -0.15) is 0 Å². The third-order valence-electron chi connectivity index (χ3n) is 9.16. The molecule has 2 aromatic rings. The van der Waals surface area contributed by atoms with E-state index in [2.05, 4.69) is 23.1 Å². The van der Waals surface area contributed by atoms with Crippen molar-refractivity contribution < 1.29 is 9.84 Å². The number of benzene rings is 2. The largest absolute Gasteiger partial charge is 0.504 e. The predicted octanol–water partition coefficient (Wildman–Crippen LogP) is 5.15. The number of hydrogen-bond acceptors (Lipinski definition) is 3. The minimum atomic E-state index is 0.187. The standard InChI is InChI=1S/C27H31NO2/c29-24-22(30-15-19-6-2-1-3-7-19)12-11-20-23(24)26-13-5-4-8-21(26)25-27(20,16-26)17-28(25)14-18-9-10-18/h1-3,6-7,11-12,18,21,25,29H,4-5,8-10,13-17H2/t21?,25-,26+,27?/m0/s1. The first-order valence-corrected chi connectivity index (χ1v) is 12.0. The normalized spacial score (nSPS) is 36.0. The zero-order valence-electron chi connectivity index (χ0n) is 17.6. The van der Waals surface area contributed by atoms with Crippen molar-refractivity contribution in [1.29, 1.82) is 0 Å². The molecule has 2 bridgehead atoms. The smallest absolute Gasteiger partial charge is 0.161 e. The molecule has 3 saturated carbocycles. The molecule has 1 N–H and O–H groups in total. The van der Waals surface area contributed by atoms with Gasteiger partial charge in [-0.05, 0) is 61.1 Å². The maximum atomic E-state index is 11.5. The van der Waals surface area contributed by atoms with Crippen molar-refractivity contribution in [3.05, 3.63) is 59.2 Å². The van der Waals surface area contributed by atoms with Crippen LogP contribution in [-0.4, -0.2) is 29.1 Å². The van der Waals surface area contributed by atoms with Gasteiger partial charge < -0.3 is 9.84 Å². The lowest BCUT2D eigenvalue weighted by molar-refractivity contribution is -0.0322. The summed E-state index contributed by atoms with van der Waals surface area (Å²) in [6.07, 6.45) is 9.38. The van der Waals surface area contributed by atoms with Gasteiger partial charge in [0.25, 0.3) is 0 Å². The first kappa shape index (κ1) is 17.7. The van der Waals surface area contributed by atoms with Crippen molar-refractivity contribution in [1.82, 2.24) is 4.90 Å². The van der Waals surface area contributed by atoms with Crippen molar-refractivity contribution in [2.75, 3.05) is 13.1 Å². The van der Waals surface area contributed by atoms with Crippen LogP contribution in [0.2, 0.25) is 0 Å². The summed E-state index contributed by atoms with van der Waals surface area (Å²) >= 11 is 0. The Morgan fingerprint density at radius 2 is 1.87 bits per heavy atom. The van der Waals surface area contributed by atoms with Crippen LogP contribution in [0.15, 0.2) is 42.5 Å². The van der Waals surface area contributed by atoms with Crippen LogP contribution in [0, 0.1) is 11.8 Å². The lowest BCUT2D eigenvalue weighted by Crippen LogP contribution is -2.68. The fraction of sp³-hybridized carbons (Fsp3) is 0.556.